The summed E-state index contributed by atoms with van der Waals surface area (Å²) in [4.78, 5) is 0. The largest absolute Gasteiger partial charge is 0.381 e. The molecule has 4 heteroatoms. The van der Waals surface area contributed by atoms with E-state index >= 15 is 0 Å². The van der Waals surface area contributed by atoms with Crippen molar-refractivity contribution < 1.29 is 8.95 Å². The van der Waals surface area contributed by atoms with E-state index in [1.807, 2.05) is 27.0 Å². The molecule has 1 heterocycles. The zero-order valence-corrected chi connectivity index (χ0v) is 9.95. The van der Waals surface area contributed by atoms with E-state index in [4.69, 9.17) is 4.74 Å². The predicted octanol–water partition coefficient (Wildman–Crippen LogP) is 1.73. The van der Waals surface area contributed by atoms with Gasteiger partial charge in [0.25, 0.3) is 0 Å². The maximum absolute atomic E-state index is 11.6. The van der Waals surface area contributed by atoms with Crippen LogP contribution in [0.25, 0.3) is 0 Å². The van der Waals surface area contributed by atoms with Gasteiger partial charge in [-0.25, -0.2) is 4.21 Å². The number of hydrogen-bond acceptors (Lipinski definition) is 2. The zero-order chi connectivity index (χ0) is 10.6. The Labute approximate surface area is 88.5 Å². The maximum atomic E-state index is 11.6. The van der Waals surface area contributed by atoms with Gasteiger partial charge in [-0.1, -0.05) is 0 Å². The fraction of sp³-hybridized carbons (Fsp3) is 0.800. The average molecular weight is 217 g/mol. The Morgan fingerprint density at radius 1 is 1.36 bits per heavy atom. The Hall–Kier alpha value is -0.350. The molecule has 1 saturated heterocycles. The van der Waals surface area contributed by atoms with Crippen LogP contribution in [-0.4, -0.2) is 22.2 Å². The van der Waals surface area contributed by atoms with Crippen LogP contribution in [0.4, 0.5) is 0 Å². The number of ether oxygens (including phenoxy) is 1. The van der Waals surface area contributed by atoms with Gasteiger partial charge < -0.3 is 9.46 Å². The topological polar surface area (TPSA) is 38.3 Å². The highest BCUT2D eigenvalue weighted by Gasteiger charge is 2.18. The molecule has 0 spiro atoms. The van der Waals surface area contributed by atoms with Gasteiger partial charge in [-0.05, 0) is 39.2 Å². The lowest BCUT2D eigenvalue weighted by Crippen LogP contribution is -2.30. The van der Waals surface area contributed by atoms with E-state index in [1.165, 1.54) is 5.57 Å². The Morgan fingerprint density at radius 2 is 1.93 bits per heavy atom. The van der Waals surface area contributed by atoms with Gasteiger partial charge in [-0.3, -0.25) is 0 Å². The summed E-state index contributed by atoms with van der Waals surface area (Å²) in [6.07, 6.45) is 3.80. The van der Waals surface area contributed by atoms with Crippen molar-refractivity contribution in [1.82, 2.24) is 4.72 Å². The molecule has 3 nitrogen and oxygen atoms in total. The standard InChI is InChI=1S/C10H19NO2S/c1-10(2,3)14(12)11-8-9-4-6-13-7-5-9/h8,11H,4-7H2,1-3H3/t14-/m1/s1. The minimum atomic E-state index is -1.01. The highest BCUT2D eigenvalue weighted by Crippen LogP contribution is 2.13. The number of hydrogen-bond donors (Lipinski definition) is 1. The van der Waals surface area contributed by atoms with Crippen molar-refractivity contribution >= 4 is 11.0 Å². The molecule has 0 aromatic heterocycles. The van der Waals surface area contributed by atoms with Crippen molar-refractivity contribution in [3.05, 3.63) is 11.8 Å². The molecule has 1 aliphatic heterocycles. The first-order valence-corrected chi connectivity index (χ1v) is 6.09. The normalized spacial score (nSPS) is 20.4. The second kappa shape index (κ2) is 4.94. The number of rotatable bonds is 2. The molecule has 1 rings (SSSR count). The molecule has 0 aromatic carbocycles. The Bertz CT molecular complexity index is 235. The van der Waals surface area contributed by atoms with Crippen molar-refractivity contribution in [2.24, 2.45) is 0 Å². The molecule has 0 unspecified atom stereocenters. The molecule has 0 aliphatic carbocycles. The van der Waals surface area contributed by atoms with Crippen molar-refractivity contribution in [3.63, 3.8) is 0 Å². The van der Waals surface area contributed by atoms with E-state index in [0.717, 1.165) is 26.1 Å². The third-order valence-corrected chi connectivity index (χ3v) is 3.51. The smallest absolute Gasteiger partial charge is 0.122 e. The molecule has 14 heavy (non-hydrogen) atoms. The second-order valence-corrected chi connectivity index (χ2v) is 6.41. The van der Waals surface area contributed by atoms with Crippen molar-refractivity contribution in [2.45, 2.75) is 38.4 Å². The van der Waals surface area contributed by atoms with Crippen LogP contribution in [0.5, 0.6) is 0 Å². The summed E-state index contributed by atoms with van der Waals surface area (Å²) >= 11 is 0. The first kappa shape index (κ1) is 11.7. The van der Waals surface area contributed by atoms with Crippen LogP contribution < -0.4 is 4.72 Å². The molecule has 82 valence electrons. The molecule has 1 N–H and O–H groups in total. The molecule has 1 fully saturated rings. The Morgan fingerprint density at radius 3 is 2.43 bits per heavy atom. The summed E-state index contributed by atoms with van der Waals surface area (Å²) in [7, 11) is -1.01. The predicted molar refractivity (Wildman–Crippen MR) is 59.2 cm³/mol. The summed E-state index contributed by atoms with van der Waals surface area (Å²) in [5, 5.41) is 0. The zero-order valence-electron chi connectivity index (χ0n) is 9.13. The van der Waals surface area contributed by atoms with E-state index in [2.05, 4.69) is 4.72 Å². The minimum absolute atomic E-state index is 0.206. The average Bonchev–Trinajstić information content (AvgIpc) is 2.14. The maximum Gasteiger partial charge on any atom is 0.122 e. The number of nitrogens with one attached hydrogen (secondary N) is 1. The lowest BCUT2D eigenvalue weighted by Gasteiger charge is -2.19. The third kappa shape index (κ3) is 3.80. The molecule has 1 aliphatic rings. The van der Waals surface area contributed by atoms with Gasteiger partial charge in [0.2, 0.25) is 0 Å². The lowest BCUT2D eigenvalue weighted by atomic mass is 10.1. The lowest BCUT2D eigenvalue weighted by molar-refractivity contribution is 0.119. The van der Waals surface area contributed by atoms with E-state index in [0.29, 0.717) is 0 Å². The van der Waals surface area contributed by atoms with Crippen molar-refractivity contribution in [2.75, 3.05) is 13.2 Å². The van der Waals surface area contributed by atoms with Crippen molar-refractivity contribution in [3.8, 4) is 0 Å². The van der Waals surface area contributed by atoms with Crippen LogP contribution in [0.1, 0.15) is 33.6 Å². The van der Waals surface area contributed by atoms with Crippen LogP contribution >= 0.6 is 0 Å². The Balaban J connectivity index is 2.41. The van der Waals surface area contributed by atoms with Crippen LogP contribution in [0, 0.1) is 0 Å². The van der Waals surface area contributed by atoms with Crippen LogP contribution in [0.3, 0.4) is 0 Å². The van der Waals surface area contributed by atoms with Crippen LogP contribution in [0.2, 0.25) is 0 Å². The molecule has 0 radical (unpaired) electrons. The molecular formula is C10H19NO2S. The van der Waals surface area contributed by atoms with E-state index in [1.54, 1.807) is 0 Å². The monoisotopic (exact) mass is 217 g/mol. The van der Waals surface area contributed by atoms with Crippen LogP contribution in [-0.2, 0) is 15.7 Å². The fourth-order valence-electron chi connectivity index (χ4n) is 1.09. The summed E-state index contributed by atoms with van der Waals surface area (Å²) in [6.45, 7) is 7.45. The van der Waals surface area contributed by atoms with Gasteiger partial charge in [0.15, 0.2) is 0 Å². The van der Waals surface area contributed by atoms with Gasteiger partial charge in [0.05, 0.1) is 18.0 Å². The molecular weight excluding hydrogens is 198 g/mol. The van der Waals surface area contributed by atoms with E-state index in [9.17, 15) is 4.21 Å². The highest BCUT2D eigenvalue weighted by molar-refractivity contribution is 7.84. The van der Waals surface area contributed by atoms with Gasteiger partial charge >= 0.3 is 0 Å². The fourth-order valence-corrected chi connectivity index (χ4v) is 1.72. The van der Waals surface area contributed by atoms with Gasteiger partial charge in [-0.2, -0.15) is 0 Å². The van der Waals surface area contributed by atoms with E-state index in [-0.39, 0.29) is 4.75 Å². The quantitative estimate of drug-likeness (QED) is 0.765. The summed E-state index contributed by atoms with van der Waals surface area (Å²) < 4.78 is 19.6. The third-order valence-electron chi connectivity index (χ3n) is 2.06. The Kier molecular flexibility index (Phi) is 4.13. The second-order valence-electron chi connectivity index (χ2n) is 4.41. The van der Waals surface area contributed by atoms with E-state index < -0.39 is 11.0 Å². The van der Waals surface area contributed by atoms with Gasteiger partial charge in [0.1, 0.15) is 11.0 Å². The highest BCUT2D eigenvalue weighted by atomic mass is 32.2. The van der Waals surface area contributed by atoms with Crippen molar-refractivity contribution in [1.29, 1.82) is 0 Å². The first-order valence-electron chi connectivity index (χ1n) is 4.94. The minimum Gasteiger partial charge on any atom is -0.381 e. The van der Waals surface area contributed by atoms with Gasteiger partial charge in [0, 0.05) is 6.20 Å². The summed E-state index contributed by atoms with van der Waals surface area (Å²) in [6, 6.07) is 0. The molecule has 0 saturated carbocycles. The van der Waals surface area contributed by atoms with Gasteiger partial charge in [-0.15, -0.1) is 0 Å². The first-order chi connectivity index (χ1) is 6.50. The SMILES string of the molecule is CC(C)(C)[S@@](=O)NC=C1CCOCC1. The van der Waals surface area contributed by atoms with Crippen LogP contribution in [0.15, 0.2) is 11.8 Å². The summed E-state index contributed by atoms with van der Waals surface area (Å²) in [5.41, 5.74) is 1.30. The molecule has 1 atom stereocenters. The molecule has 0 bridgehead atoms. The molecule has 0 amide bonds. The summed E-state index contributed by atoms with van der Waals surface area (Å²) in [5.74, 6) is 0. The molecule has 0 aromatic rings.